The standard InChI is InChI=1S/C16H15N3O3/c1-22-16(21)14-7-10-5-11(6-12(10)8-18-14)13-3-2-4-17-15(13)19-9-20/h2-4,7-9,11H,5-6H2,1H3,(H,17,19,20). The van der Waals surface area contributed by atoms with Crippen molar-refractivity contribution in [2.45, 2.75) is 18.8 Å². The summed E-state index contributed by atoms with van der Waals surface area (Å²) in [4.78, 5) is 30.6. The van der Waals surface area contributed by atoms with Crippen molar-refractivity contribution in [2.24, 2.45) is 0 Å². The lowest BCUT2D eigenvalue weighted by molar-refractivity contribution is -0.105. The first kappa shape index (κ1) is 14.2. The minimum Gasteiger partial charge on any atom is -0.464 e. The summed E-state index contributed by atoms with van der Waals surface area (Å²) < 4.78 is 4.70. The molecule has 22 heavy (non-hydrogen) atoms. The number of ether oxygens (including phenoxy) is 1. The van der Waals surface area contributed by atoms with Crippen LogP contribution in [0.1, 0.15) is 33.1 Å². The lowest BCUT2D eigenvalue weighted by Crippen LogP contribution is -2.06. The van der Waals surface area contributed by atoms with Crippen molar-refractivity contribution in [2.75, 3.05) is 12.4 Å². The Morgan fingerprint density at radius 2 is 2.18 bits per heavy atom. The van der Waals surface area contributed by atoms with Crippen LogP contribution in [0.15, 0.2) is 30.6 Å². The second-order valence-corrected chi connectivity index (χ2v) is 5.14. The molecule has 0 spiro atoms. The molecule has 112 valence electrons. The van der Waals surface area contributed by atoms with Crippen molar-refractivity contribution < 1.29 is 14.3 Å². The number of pyridine rings is 2. The number of rotatable bonds is 4. The molecule has 1 amide bonds. The van der Waals surface area contributed by atoms with E-state index < -0.39 is 5.97 Å². The fourth-order valence-electron chi connectivity index (χ4n) is 2.86. The largest absolute Gasteiger partial charge is 0.464 e. The van der Waals surface area contributed by atoms with Gasteiger partial charge in [0.1, 0.15) is 11.5 Å². The van der Waals surface area contributed by atoms with Crippen LogP contribution in [0.2, 0.25) is 0 Å². The maximum atomic E-state index is 11.6. The Balaban J connectivity index is 1.88. The number of methoxy groups -OCH3 is 1. The predicted molar refractivity (Wildman–Crippen MR) is 79.6 cm³/mol. The van der Waals surface area contributed by atoms with E-state index in [0.717, 1.165) is 29.5 Å². The number of aromatic nitrogens is 2. The van der Waals surface area contributed by atoms with Gasteiger partial charge >= 0.3 is 5.97 Å². The second kappa shape index (κ2) is 5.93. The molecule has 0 aromatic carbocycles. The average Bonchev–Trinajstić information content (AvgIpc) is 2.97. The minimum absolute atomic E-state index is 0.209. The van der Waals surface area contributed by atoms with E-state index in [1.807, 2.05) is 12.1 Å². The van der Waals surface area contributed by atoms with Crippen LogP contribution in [0.25, 0.3) is 0 Å². The Labute approximate surface area is 127 Å². The molecule has 2 aromatic heterocycles. The molecule has 0 saturated carbocycles. The van der Waals surface area contributed by atoms with Crippen molar-refractivity contribution in [1.82, 2.24) is 9.97 Å². The van der Waals surface area contributed by atoms with Crippen LogP contribution in [0.3, 0.4) is 0 Å². The van der Waals surface area contributed by atoms with E-state index in [-0.39, 0.29) is 5.92 Å². The zero-order valence-corrected chi connectivity index (χ0v) is 12.1. The van der Waals surface area contributed by atoms with Crippen LogP contribution < -0.4 is 5.32 Å². The Hall–Kier alpha value is -2.76. The Kier molecular flexibility index (Phi) is 3.82. The zero-order valence-electron chi connectivity index (χ0n) is 12.1. The molecule has 6 heteroatoms. The molecule has 2 aromatic rings. The predicted octanol–water partition coefficient (Wildman–Crippen LogP) is 1.71. The van der Waals surface area contributed by atoms with E-state index in [4.69, 9.17) is 4.74 Å². The molecule has 0 bridgehead atoms. The number of carbonyl (C=O) groups excluding carboxylic acids is 2. The lowest BCUT2D eigenvalue weighted by Gasteiger charge is -2.12. The van der Waals surface area contributed by atoms with Crippen LogP contribution in [0, 0.1) is 0 Å². The third-order valence-corrected chi connectivity index (χ3v) is 3.88. The summed E-state index contributed by atoms with van der Waals surface area (Å²) in [6, 6.07) is 5.60. The molecule has 0 fully saturated rings. The molecule has 0 radical (unpaired) electrons. The molecule has 2 heterocycles. The number of nitrogens with zero attached hydrogens (tertiary/aromatic N) is 2. The number of hydrogen-bond acceptors (Lipinski definition) is 5. The summed E-state index contributed by atoms with van der Waals surface area (Å²) >= 11 is 0. The lowest BCUT2D eigenvalue weighted by atomic mass is 9.97. The van der Waals surface area contributed by atoms with Crippen molar-refractivity contribution in [3.05, 3.63) is 53.0 Å². The summed E-state index contributed by atoms with van der Waals surface area (Å²) in [5.41, 5.74) is 3.50. The number of carbonyl (C=O) groups is 2. The van der Waals surface area contributed by atoms with E-state index in [1.54, 1.807) is 18.5 Å². The summed E-state index contributed by atoms with van der Waals surface area (Å²) in [5.74, 6) is 0.355. The molecule has 0 aliphatic heterocycles. The molecule has 1 atom stereocenters. The first-order valence-electron chi connectivity index (χ1n) is 6.94. The number of anilines is 1. The summed E-state index contributed by atoms with van der Waals surface area (Å²) in [7, 11) is 1.34. The quantitative estimate of drug-likeness (QED) is 0.686. The van der Waals surface area contributed by atoms with E-state index in [0.29, 0.717) is 17.9 Å². The van der Waals surface area contributed by atoms with Crippen molar-refractivity contribution >= 4 is 18.2 Å². The molecule has 3 rings (SSSR count). The fourth-order valence-corrected chi connectivity index (χ4v) is 2.86. The number of esters is 1. The van der Waals surface area contributed by atoms with Crippen LogP contribution in [-0.4, -0.2) is 29.5 Å². The molecule has 1 aliphatic rings. The van der Waals surface area contributed by atoms with Crippen LogP contribution in [0.5, 0.6) is 0 Å². The van der Waals surface area contributed by atoms with E-state index >= 15 is 0 Å². The van der Waals surface area contributed by atoms with Gasteiger partial charge in [-0.05, 0) is 47.6 Å². The second-order valence-electron chi connectivity index (χ2n) is 5.14. The molecule has 1 aliphatic carbocycles. The smallest absolute Gasteiger partial charge is 0.356 e. The highest BCUT2D eigenvalue weighted by Crippen LogP contribution is 2.36. The molecule has 1 unspecified atom stereocenters. The number of hydrogen-bond donors (Lipinski definition) is 1. The first-order chi connectivity index (χ1) is 10.7. The highest BCUT2D eigenvalue weighted by Gasteiger charge is 2.26. The highest BCUT2D eigenvalue weighted by molar-refractivity contribution is 5.87. The molecule has 0 saturated heterocycles. The van der Waals surface area contributed by atoms with E-state index in [9.17, 15) is 9.59 Å². The maximum Gasteiger partial charge on any atom is 0.356 e. The van der Waals surface area contributed by atoms with Gasteiger partial charge in [0.2, 0.25) is 6.41 Å². The zero-order chi connectivity index (χ0) is 15.5. The van der Waals surface area contributed by atoms with Gasteiger partial charge in [0.15, 0.2) is 0 Å². The monoisotopic (exact) mass is 297 g/mol. The number of fused-ring (bicyclic) bond motifs is 1. The van der Waals surface area contributed by atoms with Gasteiger partial charge in [-0.25, -0.2) is 14.8 Å². The van der Waals surface area contributed by atoms with Gasteiger partial charge in [0.05, 0.1) is 7.11 Å². The Morgan fingerprint density at radius 3 is 2.95 bits per heavy atom. The van der Waals surface area contributed by atoms with E-state index in [1.165, 1.54) is 7.11 Å². The van der Waals surface area contributed by atoms with Gasteiger partial charge in [-0.3, -0.25) is 4.79 Å². The van der Waals surface area contributed by atoms with Gasteiger partial charge in [0.25, 0.3) is 0 Å². The Morgan fingerprint density at radius 1 is 1.36 bits per heavy atom. The van der Waals surface area contributed by atoms with Crippen LogP contribution in [-0.2, 0) is 22.4 Å². The van der Waals surface area contributed by atoms with Gasteiger partial charge in [-0.15, -0.1) is 0 Å². The molecule has 1 N–H and O–H groups in total. The Bertz CT molecular complexity index is 730. The minimum atomic E-state index is -0.434. The van der Waals surface area contributed by atoms with Gasteiger partial charge < -0.3 is 10.1 Å². The third-order valence-electron chi connectivity index (χ3n) is 3.88. The summed E-state index contributed by atoms with van der Waals surface area (Å²) in [6.45, 7) is 0. The normalized spacial score (nSPS) is 16.0. The summed E-state index contributed by atoms with van der Waals surface area (Å²) in [5, 5.41) is 2.64. The highest BCUT2D eigenvalue weighted by atomic mass is 16.5. The topological polar surface area (TPSA) is 81.2 Å². The van der Waals surface area contributed by atoms with Crippen molar-refractivity contribution in [1.29, 1.82) is 0 Å². The number of amides is 1. The number of nitrogens with one attached hydrogen (secondary N) is 1. The van der Waals surface area contributed by atoms with Crippen molar-refractivity contribution in [3.63, 3.8) is 0 Å². The van der Waals surface area contributed by atoms with Crippen LogP contribution >= 0.6 is 0 Å². The molecule has 6 nitrogen and oxygen atoms in total. The average molecular weight is 297 g/mol. The fraction of sp³-hybridized carbons (Fsp3) is 0.250. The van der Waals surface area contributed by atoms with Gasteiger partial charge in [-0.2, -0.15) is 0 Å². The first-order valence-corrected chi connectivity index (χ1v) is 6.94. The van der Waals surface area contributed by atoms with Gasteiger partial charge in [-0.1, -0.05) is 6.07 Å². The van der Waals surface area contributed by atoms with E-state index in [2.05, 4.69) is 15.3 Å². The molecular weight excluding hydrogens is 282 g/mol. The summed E-state index contributed by atoms with van der Waals surface area (Å²) in [6.07, 6.45) is 5.59. The van der Waals surface area contributed by atoms with Crippen LogP contribution in [0.4, 0.5) is 5.82 Å². The van der Waals surface area contributed by atoms with Gasteiger partial charge in [0, 0.05) is 12.4 Å². The SMILES string of the molecule is COC(=O)c1cc2c(cn1)CC(c1cccnc1NC=O)C2. The van der Waals surface area contributed by atoms with Crippen molar-refractivity contribution in [3.8, 4) is 0 Å². The molecular formula is C16H15N3O3. The third kappa shape index (κ3) is 2.55. The maximum absolute atomic E-state index is 11.6.